The summed E-state index contributed by atoms with van der Waals surface area (Å²) in [7, 11) is 0. The van der Waals surface area contributed by atoms with Crippen molar-refractivity contribution in [2.75, 3.05) is 11.4 Å². The molecule has 1 amide bonds. The molecule has 2 aromatic rings. The second-order valence-corrected chi connectivity index (χ2v) is 5.19. The van der Waals surface area contributed by atoms with Gasteiger partial charge in [0.25, 0.3) is 0 Å². The van der Waals surface area contributed by atoms with Crippen LogP contribution in [0.25, 0.3) is 0 Å². The van der Waals surface area contributed by atoms with Crippen LogP contribution in [0.3, 0.4) is 0 Å². The van der Waals surface area contributed by atoms with Crippen LogP contribution in [0.4, 0.5) is 5.69 Å². The first-order chi connectivity index (χ1) is 10.3. The summed E-state index contributed by atoms with van der Waals surface area (Å²) in [5.41, 5.74) is 3.24. The number of para-hydroxylation sites is 1. The summed E-state index contributed by atoms with van der Waals surface area (Å²) < 4.78 is 0. The Labute approximate surface area is 124 Å². The number of carbonyl (C=O) groups is 1. The van der Waals surface area contributed by atoms with E-state index in [1.54, 1.807) is 4.90 Å². The predicted molar refractivity (Wildman–Crippen MR) is 81.9 cm³/mol. The fourth-order valence-corrected chi connectivity index (χ4v) is 2.80. The van der Waals surface area contributed by atoms with Gasteiger partial charge in [-0.1, -0.05) is 42.5 Å². The van der Waals surface area contributed by atoms with Crippen molar-refractivity contribution in [3.05, 3.63) is 65.7 Å². The van der Waals surface area contributed by atoms with E-state index in [0.29, 0.717) is 13.0 Å². The largest absolute Gasteiger partial charge is 0.311 e. The highest BCUT2D eigenvalue weighted by Crippen LogP contribution is 2.37. The highest BCUT2D eigenvalue weighted by atomic mass is 16.2. The summed E-state index contributed by atoms with van der Waals surface area (Å²) in [4.78, 5) is 14.6. The number of hydrogen-bond acceptors (Lipinski definition) is 2. The van der Waals surface area contributed by atoms with Crippen molar-refractivity contribution in [3.8, 4) is 6.07 Å². The standard InChI is InChI=1S/C18H16N2O/c19-11-6-12-20(15-8-2-1-3-9-15)18(21)17-13-14-7-4-5-10-16(14)17/h1-5,7-10,17H,6,12-13H2. The Kier molecular flexibility index (Phi) is 3.70. The zero-order valence-corrected chi connectivity index (χ0v) is 11.7. The molecule has 2 aromatic carbocycles. The average Bonchev–Trinajstić information content (AvgIpc) is 2.50. The number of hydrogen-bond donors (Lipinski definition) is 0. The second-order valence-electron chi connectivity index (χ2n) is 5.19. The number of fused-ring (bicyclic) bond motifs is 1. The van der Waals surface area contributed by atoms with Crippen LogP contribution in [0.2, 0.25) is 0 Å². The first kappa shape index (κ1) is 13.4. The number of amides is 1. The number of rotatable bonds is 4. The fraction of sp³-hybridized carbons (Fsp3) is 0.222. The van der Waals surface area contributed by atoms with Gasteiger partial charge in [-0.2, -0.15) is 5.26 Å². The van der Waals surface area contributed by atoms with Gasteiger partial charge in [0.1, 0.15) is 0 Å². The van der Waals surface area contributed by atoms with E-state index in [9.17, 15) is 4.79 Å². The van der Waals surface area contributed by atoms with E-state index in [-0.39, 0.29) is 11.8 Å². The Morgan fingerprint density at radius 2 is 1.86 bits per heavy atom. The lowest BCUT2D eigenvalue weighted by molar-refractivity contribution is -0.120. The zero-order chi connectivity index (χ0) is 14.7. The molecule has 0 N–H and O–H groups in total. The third kappa shape index (κ3) is 2.53. The highest BCUT2D eigenvalue weighted by Gasteiger charge is 2.34. The molecule has 0 bridgehead atoms. The normalized spacial score (nSPS) is 15.5. The van der Waals surface area contributed by atoms with Gasteiger partial charge in [0.05, 0.1) is 18.4 Å². The molecule has 0 heterocycles. The lowest BCUT2D eigenvalue weighted by atomic mass is 9.76. The van der Waals surface area contributed by atoms with Gasteiger partial charge in [-0.05, 0) is 29.7 Å². The maximum atomic E-state index is 12.8. The molecule has 104 valence electrons. The van der Waals surface area contributed by atoms with Gasteiger partial charge < -0.3 is 4.90 Å². The van der Waals surface area contributed by atoms with Crippen molar-refractivity contribution in [2.45, 2.75) is 18.8 Å². The van der Waals surface area contributed by atoms with Crippen molar-refractivity contribution in [1.82, 2.24) is 0 Å². The van der Waals surface area contributed by atoms with Crippen LogP contribution >= 0.6 is 0 Å². The molecule has 0 fully saturated rings. The quantitative estimate of drug-likeness (QED) is 0.860. The Hall–Kier alpha value is -2.60. The van der Waals surface area contributed by atoms with Gasteiger partial charge in [-0.25, -0.2) is 0 Å². The van der Waals surface area contributed by atoms with Gasteiger partial charge in [0.2, 0.25) is 5.91 Å². The minimum atomic E-state index is -0.0694. The Morgan fingerprint density at radius 3 is 2.57 bits per heavy atom. The summed E-state index contributed by atoms with van der Waals surface area (Å²) in [6.07, 6.45) is 1.14. The van der Waals surface area contributed by atoms with Crippen molar-refractivity contribution in [3.63, 3.8) is 0 Å². The van der Waals surface area contributed by atoms with Crippen molar-refractivity contribution < 1.29 is 4.79 Å². The molecule has 3 nitrogen and oxygen atoms in total. The molecular weight excluding hydrogens is 260 g/mol. The topological polar surface area (TPSA) is 44.1 Å². The first-order valence-corrected chi connectivity index (χ1v) is 7.12. The van der Waals surface area contributed by atoms with Crippen molar-refractivity contribution in [2.24, 2.45) is 0 Å². The van der Waals surface area contributed by atoms with Gasteiger partial charge in [-0.3, -0.25) is 4.79 Å². The van der Waals surface area contributed by atoms with Gasteiger partial charge in [0, 0.05) is 12.2 Å². The van der Waals surface area contributed by atoms with E-state index >= 15 is 0 Å². The zero-order valence-electron chi connectivity index (χ0n) is 11.7. The molecule has 3 heteroatoms. The number of anilines is 1. The number of carbonyl (C=O) groups excluding carboxylic acids is 1. The van der Waals surface area contributed by atoms with E-state index in [4.69, 9.17) is 5.26 Å². The molecule has 0 radical (unpaired) electrons. The van der Waals surface area contributed by atoms with Crippen LogP contribution in [0.5, 0.6) is 0 Å². The monoisotopic (exact) mass is 276 g/mol. The predicted octanol–water partition coefficient (Wildman–Crippen LogP) is 3.27. The van der Waals surface area contributed by atoms with E-state index in [2.05, 4.69) is 12.1 Å². The summed E-state index contributed by atoms with van der Waals surface area (Å²) >= 11 is 0. The van der Waals surface area contributed by atoms with Crippen molar-refractivity contribution in [1.29, 1.82) is 5.26 Å². The molecular formula is C18H16N2O. The Balaban J connectivity index is 1.85. The molecule has 21 heavy (non-hydrogen) atoms. The summed E-state index contributed by atoms with van der Waals surface area (Å²) in [5, 5.41) is 8.82. The maximum absolute atomic E-state index is 12.8. The third-order valence-electron chi connectivity index (χ3n) is 3.93. The second kappa shape index (κ2) is 5.80. The molecule has 1 aliphatic rings. The summed E-state index contributed by atoms with van der Waals surface area (Å²) in [5.74, 6) is 0.0234. The number of benzene rings is 2. The summed E-state index contributed by atoms with van der Waals surface area (Å²) in [6.45, 7) is 0.442. The smallest absolute Gasteiger partial charge is 0.234 e. The molecule has 0 saturated carbocycles. The molecule has 1 atom stereocenters. The molecule has 3 rings (SSSR count). The lowest BCUT2D eigenvalue weighted by Gasteiger charge is -2.33. The average molecular weight is 276 g/mol. The highest BCUT2D eigenvalue weighted by molar-refractivity contribution is 5.99. The van der Waals surface area contributed by atoms with Crippen LogP contribution in [-0.2, 0) is 11.2 Å². The van der Waals surface area contributed by atoms with Crippen LogP contribution in [0, 0.1) is 11.3 Å². The first-order valence-electron chi connectivity index (χ1n) is 7.12. The van der Waals surface area contributed by atoms with E-state index < -0.39 is 0 Å². The molecule has 0 aliphatic heterocycles. The Bertz CT molecular complexity index is 688. The van der Waals surface area contributed by atoms with E-state index in [1.165, 1.54) is 5.56 Å². The van der Waals surface area contributed by atoms with Crippen LogP contribution in [-0.4, -0.2) is 12.5 Å². The third-order valence-corrected chi connectivity index (χ3v) is 3.93. The molecule has 0 aromatic heterocycles. The van der Waals surface area contributed by atoms with Crippen LogP contribution in [0.15, 0.2) is 54.6 Å². The maximum Gasteiger partial charge on any atom is 0.234 e. The van der Waals surface area contributed by atoms with Crippen LogP contribution < -0.4 is 4.90 Å². The SMILES string of the molecule is N#CCCN(C(=O)C1Cc2ccccc21)c1ccccc1. The van der Waals surface area contributed by atoms with Gasteiger partial charge in [-0.15, -0.1) is 0 Å². The number of nitrogens with zero attached hydrogens (tertiary/aromatic N) is 2. The van der Waals surface area contributed by atoms with Gasteiger partial charge in [0.15, 0.2) is 0 Å². The fourth-order valence-electron chi connectivity index (χ4n) is 2.80. The molecule has 1 unspecified atom stereocenters. The van der Waals surface area contributed by atoms with Gasteiger partial charge >= 0.3 is 0 Å². The lowest BCUT2D eigenvalue weighted by Crippen LogP contribution is -2.40. The summed E-state index contributed by atoms with van der Waals surface area (Å²) in [6, 6.07) is 19.8. The molecule has 1 aliphatic carbocycles. The molecule has 0 spiro atoms. The minimum absolute atomic E-state index is 0.0694. The number of nitriles is 1. The van der Waals surface area contributed by atoms with Crippen LogP contribution in [0.1, 0.15) is 23.5 Å². The van der Waals surface area contributed by atoms with E-state index in [1.807, 2.05) is 48.5 Å². The van der Waals surface area contributed by atoms with E-state index in [0.717, 1.165) is 17.7 Å². The Morgan fingerprint density at radius 1 is 1.14 bits per heavy atom. The van der Waals surface area contributed by atoms with Crippen molar-refractivity contribution >= 4 is 11.6 Å². The minimum Gasteiger partial charge on any atom is -0.311 e. The molecule has 0 saturated heterocycles.